The molecule has 1 fully saturated rings. The van der Waals surface area contributed by atoms with Crippen LogP contribution in [0.25, 0.3) is 0 Å². The second kappa shape index (κ2) is 5.36. The molecule has 72 valence electrons. The fourth-order valence-corrected chi connectivity index (χ4v) is 2.96. The zero-order valence-electron chi connectivity index (χ0n) is 7.92. The van der Waals surface area contributed by atoms with Crippen LogP contribution in [0, 0.1) is 5.92 Å². The Morgan fingerprint density at radius 1 is 1.25 bits per heavy atom. The summed E-state index contributed by atoms with van der Waals surface area (Å²) in [7, 11) is 11.5. The van der Waals surface area contributed by atoms with Gasteiger partial charge in [-0.05, 0) is 56.4 Å². The molecule has 0 unspecified atom stereocenters. The zero-order valence-corrected chi connectivity index (χ0v) is 9.50. The van der Waals surface area contributed by atoms with E-state index in [1.807, 2.05) is 0 Å². The molecule has 0 atom stereocenters. The molecule has 1 aliphatic rings. The van der Waals surface area contributed by atoms with E-state index in [0.717, 1.165) is 17.7 Å². The fraction of sp³-hybridized carbons (Fsp3) is 1.00. The van der Waals surface area contributed by atoms with Crippen molar-refractivity contribution < 1.29 is 0 Å². The van der Waals surface area contributed by atoms with Crippen molar-refractivity contribution in [1.29, 1.82) is 0 Å². The van der Waals surface area contributed by atoms with Gasteiger partial charge in [0.15, 0.2) is 0 Å². The predicted molar refractivity (Wildman–Crippen MR) is 57.7 cm³/mol. The molecule has 3 heteroatoms. The van der Waals surface area contributed by atoms with Gasteiger partial charge >= 0.3 is 0 Å². The summed E-state index contributed by atoms with van der Waals surface area (Å²) in [6.07, 6.45) is 5.44. The highest BCUT2D eigenvalue weighted by Gasteiger charge is 2.21. The minimum Gasteiger partial charge on any atom is -0.306 e. The SMILES string of the molecule is CN(C)C1CCC(CSCl)CC1. The highest BCUT2D eigenvalue weighted by atomic mass is 35.7. The van der Waals surface area contributed by atoms with Crippen LogP contribution in [0.2, 0.25) is 0 Å². The van der Waals surface area contributed by atoms with Crippen molar-refractivity contribution in [1.82, 2.24) is 4.90 Å². The minimum absolute atomic E-state index is 0.821. The van der Waals surface area contributed by atoms with Crippen LogP contribution >= 0.6 is 21.7 Å². The maximum Gasteiger partial charge on any atom is 0.0114 e. The van der Waals surface area contributed by atoms with E-state index in [1.54, 1.807) is 0 Å². The van der Waals surface area contributed by atoms with E-state index in [9.17, 15) is 0 Å². The fourth-order valence-electron chi connectivity index (χ4n) is 1.92. The predicted octanol–water partition coefficient (Wildman–Crippen LogP) is 2.99. The van der Waals surface area contributed by atoms with E-state index in [1.165, 1.54) is 36.7 Å². The van der Waals surface area contributed by atoms with Crippen LogP contribution < -0.4 is 0 Å². The van der Waals surface area contributed by atoms with E-state index >= 15 is 0 Å². The van der Waals surface area contributed by atoms with Gasteiger partial charge in [-0.2, -0.15) is 0 Å². The van der Waals surface area contributed by atoms with Gasteiger partial charge in [-0.15, -0.1) is 0 Å². The van der Waals surface area contributed by atoms with Crippen molar-refractivity contribution in [2.24, 2.45) is 5.92 Å². The Kier molecular flexibility index (Phi) is 4.77. The lowest BCUT2D eigenvalue weighted by atomic mass is 9.87. The van der Waals surface area contributed by atoms with E-state index < -0.39 is 0 Å². The molecule has 0 amide bonds. The second-order valence-corrected chi connectivity index (χ2v) is 5.12. The Balaban J connectivity index is 2.20. The van der Waals surface area contributed by atoms with Crippen LogP contribution in [0.1, 0.15) is 25.7 Å². The van der Waals surface area contributed by atoms with Crippen molar-refractivity contribution in [2.45, 2.75) is 31.7 Å². The van der Waals surface area contributed by atoms with Crippen molar-refractivity contribution in [3.63, 3.8) is 0 Å². The number of halogens is 1. The summed E-state index contributed by atoms with van der Waals surface area (Å²) in [6.45, 7) is 0. The van der Waals surface area contributed by atoms with Gasteiger partial charge in [-0.1, -0.05) is 11.0 Å². The van der Waals surface area contributed by atoms with Gasteiger partial charge < -0.3 is 4.90 Å². The molecule has 0 radical (unpaired) electrons. The lowest BCUT2D eigenvalue weighted by molar-refractivity contribution is 0.202. The standard InChI is InChI=1S/C9H18ClNS/c1-11(2)9-5-3-8(4-6-9)7-12-10/h8-9H,3-7H2,1-2H3. The number of hydrogen-bond acceptors (Lipinski definition) is 2. The maximum atomic E-state index is 5.64. The van der Waals surface area contributed by atoms with Gasteiger partial charge in [-0.25, -0.2) is 0 Å². The molecular formula is C9H18ClNS. The lowest BCUT2D eigenvalue weighted by Gasteiger charge is -2.32. The van der Waals surface area contributed by atoms with Gasteiger partial charge in [0.05, 0.1) is 0 Å². The summed E-state index contributed by atoms with van der Waals surface area (Å²) in [5.41, 5.74) is 0. The van der Waals surface area contributed by atoms with Crippen LogP contribution in [0.4, 0.5) is 0 Å². The van der Waals surface area contributed by atoms with E-state index in [-0.39, 0.29) is 0 Å². The summed E-state index contributed by atoms with van der Waals surface area (Å²) in [5, 5.41) is 0. The molecule has 1 nitrogen and oxygen atoms in total. The highest BCUT2D eigenvalue weighted by molar-refractivity contribution is 8.21. The van der Waals surface area contributed by atoms with Crippen LogP contribution in [-0.2, 0) is 0 Å². The molecule has 0 heterocycles. The quantitative estimate of drug-likeness (QED) is 0.700. The molecule has 1 saturated carbocycles. The summed E-state index contributed by atoms with van der Waals surface area (Å²) in [4.78, 5) is 2.35. The van der Waals surface area contributed by atoms with Gasteiger partial charge in [0.25, 0.3) is 0 Å². The molecule has 12 heavy (non-hydrogen) atoms. The molecule has 1 aliphatic carbocycles. The Hall–Kier alpha value is 0.600. The number of rotatable bonds is 3. The molecule has 0 aromatic heterocycles. The summed E-state index contributed by atoms with van der Waals surface area (Å²) >= 11 is 0. The number of hydrogen-bond donors (Lipinski definition) is 0. The first kappa shape index (κ1) is 10.7. The van der Waals surface area contributed by atoms with Gasteiger partial charge in [-0.3, -0.25) is 0 Å². The third kappa shape index (κ3) is 3.15. The first-order chi connectivity index (χ1) is 5.74. The van der Waals surface area contributed by atoms with Crippen LogP contribution in [0.5, 0.6) is 0 Å². The topological polar surface area (TPSA) is 3.24 Å². The largest absolute Gasteiger partial charge is 0.306 e. The third-order valence-electron chi connectivity index (χ3n) is 2.85. The second-order valence-electron chi connectivity index (χ2n) is 3.91. The molecule has 0 aromatic rings. The first-order valence-corrected chi connectivity index (χ1v) is 6.45. The average Bonchev–Trinajstić information content (AvgIpc) is 2.06. The Morgan fingerprint density at radius 3 is 2.25 bits per heavy atom. The first-order valence-electron chi connectivity index (χ1n) is 4.64. The van der Waals surface area contributed by atoms with Crippen LogP contribution in [0.15, 0.2) is 0 Å². The smallest absolute Gasteiger partial charge is 0.0114 e. The molecule has 0 spiro atoms. The normalized spacial score (nSPS) is 31.0. The molecule has 0 aliphatic heterocycles. The molecule has 0 saturated heterocycles. The molecule has 1 rings (SSSR count). The van der Waals surface area contributed by atoms with Crippen molar-refractivity contribution >= 4 is 21.7 Å². The van der Waals surface area contributed by atoms with Crippen LogP contribution in [0.3, 0.4) is 0 Å². The lowest BCUT2D eigenvalue weighted by Crippen LogP contribution is -2.32. The Labute approximate surface area is 84.3 Å². The summed E-state index contributed by atoms with van der Waals surface area (Å²) < 4.78 is 0. The molecule has 0 aromatic carbocycles. The van der Waals surface area contributed by atoms with Crippen molar-refractivity contribution in [3.05, 3.63) is 0 Å². The van der Waals surface area contributed by atoms with E-state index in [4.69, 9.17) is 10.7 Å². The monoisotopic (exact) mass is 207 g/mol. The Morgan fingerprint density at radius 2 is 1.83 bits per heavy atom. The maximum absolute atomic E-state index is 5.64. The third-order valence-corrected chi connectivity index (χ3v) is 3.82. The summed E-state index contributed by atoms with van der Waals surface area (Å²) in [5.74, 6) is 2.02. The molecular weight excluding hydrogens is 190 g/mol. The van der Waals surface area contributed by atoms with Gasteiger partial charge in [0, 0.05) is 11.8 Å². The van der Waals surface area contributed by atoms with E-state index in [2.05, 4.69) is 19.0 Å². The molecule has 0 N–H and O–H groups in total. The minimum atomic E-state index is 0.821. The van der Waals surface area contributed by atoms with Crippen molar-refractivity contribution in [2.75, 3.05) is 19.8 Å². The highest BCUT2D eigenvalue weighted by Crippen LogP contribution is 2.29. The zero-order chi connectivity index (χ0) is 8.97. The van der Waals surface area contributed by atoms with Gasteiger partial charge in [0.2, 0.25) is 0 Å². The van der Waals surface area contributed by atoms with Gasteiger partial charge in [0.1, 0.15) is 0 Å². The average molecular weight is 208 g/mol. The molecule has 0 bridgehead atoms. The number of nitrogens with zero attached hydrogens (tertiary/aromatic N) is 1. The summed E-state index contributed by atoms with van der Waals surface area (Å²) in [6, 6.07) is 0.821. The van der Waals surface area contributed by atoms with Crippen LogP contribution in [-0.4, -0.2) is 30.8 Å². The Bertz CT molecular complexity index is 122. The van der Waals surface area contributed by atoms with Crippen molar-refractivity contribution in [3.8, 4) is 0 Å². The van der Waals surface area contributed by atoms with E-state index in [0.29, 0.717) is 0 Å².